The van der Waals surface area contributed by atoms with Gasteiger partial charge in [0.15, 0.2) is 11.6 Å². The first-order valence-corrected chi connectivity index (χ1v) is 14.4. The number of aromatic nitrogens is 1. The van der Waals surface area contributed by atoms with Crippen LogP contribution in [0.25, 0.3) is 10.9 Å². The number of hydrogen-bond acceptors (Lipinski definition) is 5. The van der Waals surface area contributed by atoms with E-state index in [9.17, 15) is 18.7 Å². The van der Waals surface area contributed by atoms with Gasteiger partial charge >= 0.3 is 5.97 Å². The number of aliphatic carboxylic acids is 1. The van der Waals surface area contributed by atoms with Crippen LogP contribution >= 0.6 is 11.8 Å². The van der Waals surface area contributed by atoms with E-state index in [1.807, 2.05) is 24.4 Å². The van der Waals surface area contributed by atoms with Crippen molar-refractivity contribution < 1.29 is 23.4 Å². The third-order valence-electron chi connectivity index (χ3n) is 7.56. The fourth-order valence-corrected chi connectivity index (χ4v) is 6.42. The van der Waals surface area contributed by atoms with Crippen molar-refractivity contribution in [2.75, 3.05) is 32.5 Å². The molecule has 1 aliphatic rings. The van der Waals surface area contributed by atoms with Gasteiger partial charge in [-0.05, 0) is 111 Å². The fraction of sp³-hybridized carbons (Fsp3) is 0.467. The van der Waals surface area contributed by atoms with E-state index >= 15 is 0 Å². The SMILES string of the molecule is COc1ccc2nccc(CCC[C@@H]3CCN(CCCSc4cccc(F)c4F)C[C@@H]3CCC(=O)O)c2c1. The van der Waals surface area contributed by atoms with Crippen molar-refractivity contribution in [3.8, 4) is 5.75 Å². The normalized spacial score (nSPS) is 18.1. The lowest BCUT2D eigenvalue weighted by Gasteiger charge is -2.39. The average Bonchev–Trinajstić information content (AvgIpc) is 2.92. The predicted octanol–water partition coefficient (Wildman–Crippen LogP) is 6.83. The van der Waals surface area contributed by atoms with Crippen molar-refractivity contribution in [2.24, 2.45) is 11.8 Å². The number of rotatable bonds is 13. The number of thioether (sulfide) groups is 1. The monoisotopic (exact) mass is 542 g/mol. The van der Waals surface area contributed by atoms with Gasteiger partial charge in [-0.1, -0.05) is 6.07 Å². The van der Waals surface area contributed by atoms with E-state index in [0.29, 0.717) is 28.9 Å². The highest BCUT2D eigenvalue weighted by Crippen LogP contribution is 2.33. The van der Waals surface area contributed by atoms with Crippen LogP contribution in [0.2, 0.25) is 0 Å². The van der Waals surface area contributed by atoms with Crippen molar-refractivity contribution in [1.29, 1.82) is 0 Å². The molecule has 2 aromatic carbocycles. The standard InChI is InChI=1S/C30H36F2N2O3S/c1-37-24-10-11-27-25(19-24)22(13-15-33-27)6-2-5-21-14-17-34(20-23(21)9-12-29(35)36)16-4-18-38-28-8-3-7-26(31)30(28)32/h3,7-8,10-11,13,15,19,21,23H,2,4-6,9,12,14,16-18,20H2,1H3,(H,35,36)/t21-,23+/m1/s1. The zero-order chi connectivity index (χ0) is 26.9. The van der Waals surface area contributed by atoms with E-state index in [1.165, 1.54) is 23.4 Å². The maximum atomic E-state index is 13.9. The molecule has 1 saturated heterocycles. The number of pyridine rings is 1. The predicted molar refractivity (Wildman–Crippen MR) is 148 cm³/mol. The largest absolute Gasteiger partial charge is 0.497 e. The second-order valence-electron chi connectivity index (χ2n) is 10.0. The minimum absolute atomic E-state index is 0.193. The van der Waals surface area contributed by atoms with Gasteiger partial charge in [0.2, 0.25) is 0 Å². The highest BCUT2D eigenvalue weighted by molar-refractivity contribution is 7.99. The number of aryl methyl sites for hydroxylation is 1. The van der Waals surface area contributed by atoms with E-state index in [1.54, 1.807) is 13.2 Å². The highest BCUT2D eigenvalue weighted by Gasteiger charge is 2.29. The lowest BCUT2D eigenvalue weighted by molar-refractivity contribution is -0.137. The van der Waals surface area contributed by atoms with E-state index in [2.05, 4.69) is 16.0 Å². The van der Waals surface area contributed by atoms with Crippen LogP contribution in [0.5, 0.6) is 5.75 Å². The van der Waals surface area contributed by atoms with E-state index in [4.69, 9.17) is 4.74 Å². The minimum atomic E-state index is -0.810. The van der Waals surface area contributed by atoms with Crippen molar-refractivity contribution in [1.82, 2.24) is 9.88 Å². The molecule has 0 radical (unpaired) electrons. The fourth-order valence-electron chi connectivity index (χ4n) is 5.52. The summed E-state index contributed by atoms with van der Waals surface area (Å²) in [5.74, 6) is 0.0663. The van der Waals surface area contributed by atoms with Gasteiger partial charge < -0.3 is 14.7 Å². The second-order valence-corrected chi connectivity index (χ2v) is 11.2. The van der Waals surface area contributed by atoms with Crippen molar-refractivity contribution >= 4 is 28.6 Å². The molecular weight excluding hydrogens is 506 g/mol. The van der Waals surface area contributed by atoms with Crippen LogP contribution in [0.1, 0.15) is 44.1 Å². The number of halogens is 2. The number of carboxylic acid groups (broad SMARTS) is 1. The Morgan fingerprint density at radius 2 is 2.03 bits per heavy atom. The first kappa shape index (κ1) is 28.3. The Bertz CT molecular complexity index is 1230. The lowest BCUT2D eigenvalue weighted by Crippen LogP contribution is -2.41. The molecule has 3 aromatic rings. The van der Waals surface area contributed by atoms with Crippen LogP contribution < -0.4 is 4.74 Å². The summed E-state index contributed by atoms with van der Waals surface area (Å²) in [4.78, 5) is 18.6. The summed E-state index contributed by atoms with van der Waals surface area (Å²) in [7, 11) is 1.67. The maximum absolute atomic E-state index is 13.9. The topological polar surface area (TPSA) is 62.7 Å². The molecule has 5 nitrogen and oxygen atoms in total. The van der Waals surface area contributed by atoms with Gasteiger partial charge in [0.25, 0.3) is 0 Å². The van der Waals surface area contributed by atoms with Gasteiger partial charge in [-0.3, -0.25) is 9.78 Å². The van der Waals surface area contributed by atoms with Gasteiger partial charge in [-0.25, -0.2) is 8.78 Å². The zero-order valence-electron chi connectivity index (χ0n) is 21.9. The summed E-state index contributed by atoms with van der Waals surface area (Å²) in [6, 6.07) is 12.3. The molecule has 1 fully saturated rings. The van der Waals surface area contributed by atoms with Crippen LogP contribution in [0.15, 0.2) is 53.6 Å². The average molecular weight is 543 g/mol. The van der Waals surface area contributed by atoms with Gasteiger partial charge in [0.05, 0.1) is 12.6 Å². The third-order valence-corrected chi connectivity index (χ3v) is 8.68. The number of carboxylic acids is 1. The molecule has 38 heavy (non-hydrogen) atoms. The Balaban J connectivity index is 1.28. The van der Waals surface area contributed by atoms with Gasteiger partial charge in [0.1, 0.15) is 5.75 Å². The number of piperidine rings is 1. The molecule has 1 aliphatic heterocycles. The zero-order valence-corrected chi connectivity index (χ0v) is 22.7. The molecule has 2 atom stereocenters. The quantitative estimate of drug-likeness (QED) is 0.189. The van der Waals surface area contributed by atoms with Crippen LogP contribution in [0.3, 0.4) is 0 Å². The second kappa shape index (κ2) is 13.9. The molecule has 1 aromatic heterocycles. The van der Waals surface area contributed by atoms with Gasteiger partial charge in [-0.2, -0.15) is 0 Å². The Hall–Kier alpha value is -2.71. The third kappa shape index (κ3) is 7.67. The van der Waals surface area contributed by atoms with E-state index < -0.39 is 17.6 Å². The van der Waals surface area contributed by atoms with Crippen LogP contribution in [0, 0.1) is 23.5 Å². The molecule has 2 heterocycles. The first-order chi connectivity index (χ1) is 18.4. The van der Waals surface area contributed by atoms with Crippen LogP contribution in [0.4, 0.5) is 8.78 Å². The molecular formula is C30H36F2N2O3S. The molecule has 0 unspecified atom stereocenters. The Kier molecular flexibility index (Phi) is 10.4. The molecule has 204 valence electrons. The molecule has 0 bridgehead atoms. The molecule has 0 spiro atoms. The molecule has 0 amide bonds. The molecule has 8 heteroatoms. The van der Waals surface area contributed by atoms with Gasteiger partial charge in [0, 0.05) is 29.4 Å². The number of nitrogens with zero attached hydrogens (tertiary/aromatic N) is 2. The molecule has 4 rings (SSSR count). The van der Waals surface area contributed by atoms with E-state index in [-0.39, 0.29) is 6.42 Å². The number of methoxy groups -OCH3 is 1. The molecule has 1 N–H and O–H groups in total. The summed E-state index contributed by atoms with van der Waals surface area (Å²) in [5.41, 5.74) is 2.23. The summed E-state index contributed by atoms with van der Waals surface area (Å²) in [5, 5.41) is 10.4. The molecule has 0 saturated carbocycles. The van der Waals surface area contributed by atoms with Crippen molar-refractivity contribution in [3.63, 3.8) is 0 Å². The minimum Gasteiger partial charge on any atom is -0.497 e. The first-order valence-electron chi connectivity index (χ1n) is 13.4. The van der Waals surface area contributed by atoms with E-state index in [0.717, 1.165) is 74.5 Å². The lowest BCUT2D eigenvalue weighted by atomic mass is 9.79. The molecule has 0 aliphatic carbocycles. The van der Waals surface area contributed by atoms with Crippen LogP contribution in [-0.2, 0) is 11.2 Å². The smallest absolute Gasteiger partial charge is 0.303 e. The summed E-state index contributed by atoms with van der Waals surface area (Å²) < 4.78 is 32.7. The summed E-state index contributed by atoms with van der Waals surface area (Å²) in [6.45, 7) is 2.76. The number of ether oxygens (including phenoxy) is 1. The Morgan fingerprint density at radius 1 is 1.16 bits per heavy atom. The van der Waals surface area contributed by atoms with Crippen molar-refractivity contribution in [3.05, 3.63) is 65.9 Å². The Morgan fingerprint density at radius 3 is 2.84 bits per heavy atom. The number of carbonyl (C=O) groups is 1. The summed E-state index contributed by atoms with van der Waals surface area (Å²) >= 11 is 1.35. The van der Waals surface area contributed by atoms with Crippen LogP contribution in [-0.4, -0.2) is 53.5 Å². The van der Waals surface area contributed by atoms with Crippen molar-refractivity contribution in [2.45, 2.75) is 49.8 Å². The number of hydrogen-bond donors (Lipinski definition) is 1. The number of likely N-dealkylation sites (tertiary alicyclic amines) is 1. The summed E-state index contributed by atoms with van der Waals surface area (Å²) in [6.07, 6.45) is 7.73. The number of fused-ring (bicyclic) bond motifs is 1. The van der Waals surface area contributed by atoms with Gasteiger partial charge in [-0.15, -0.1) is 11.8 Å². The number of benzene rings is 2. The highest BCUT2D eigenvalue weighted by atomic mass is 32.2. The maximum Gasteiger partial charge on any atom is 0.303 e. The Labute approximate surface area is 227 Å².